The summed E-state index contributed by atoms with van der Waals surface area (Å²) in [4.78, 5) is 0. The van der Waals surface area contributed by atoms with E-state index >= 15 is 0 Å². The summed E-state index contributed by atoms with van der Waals surface area (Å²) in [7, 11) is 1.57. The molecule has 0 radical (unpaired) electrons. The minimum atomic E-state index is 0.0846. The van der Waals surface area contributed by atoms with E-state index in [0.717, 1.165) is 11.3 Å². The second-order valence-electron chi connectivity index (χ2n) is 2.92. The van der Waals surface area contributed by atoms with Crippen molar-refractivity contribution in [2.45, 2.75) is 26.3 Å². The Morgan fingerprint density at radius 3 is 2.75 bits per heavy atom. The van der Waals surface area contributed by atoms with Gasteiger partial charge >= 0.3 is 0 Å². The van der Waals surface area contributed by atoms with Gasteiger partial charge in [0.15, 0.2) is 0 Å². The Bertz CT molecular complexity index is 256. The van der Waals surface area contributed by atoms with Gasteiger partial charge in [-0.3, -0.25) is 0 Å². The largest absolute Gasteiger partial charge is 0.479 e. The van der Waals surface area contributed by atoms with E-state index in [1.165, 1.54) is 0 Å². The van der Waals surface area contributed by atoms with Crippen LogP contribution in [0.3, 0.4) is 0 Å². The van der Waals surface area contributed by atoms with Crippen molar-refractivity contribution in [2.24, 2.45) is 5.73 Å². The highest BCUT2D eigenvalue weighted by atomic mass is 16.5. The lowest BCUT2D eigenvalue weighted by atomic mass is 10.1. The van der Waals surface area contributed by atoms with Crippen LogP contribution in [-0.4, -0.2) is 18.3 Å². The quantitative estimate of drug-likeness (QED) is 0.731. The summed E-state index contributed by atoms with van der Waals surface area (Å²) in [5.74, 6) is 1.35. The van der Waals surface area contributed by atoms with Crippen LogP contribution in [0.4, 0.5) is 0 Å². The summed E-state index contributed by atoms with van der Waals surface area (Å²) in [6, 6.07) is 0.0846. The third-order valence-electron chi connectivity index (χ3n) is 1.68. The Morgan fingerprint density at radius 2 is 2.33 bits per heavy atom. The summed E-state index contributed by atoms with van der Waals surface area (Å²) in [6.07, 6.45) is 0.697. The molecular weight excluding hydrogens is 156 g/mol. The summed E-state index contributed by atoms with van der Waals surface area (Å²) in [5, 5.41) is 3.73. The van der Waals surface area contributed by atoms with E-state index in [0.29, 0.717) is 12.3 Å². The molecule has 1 atom stereocenters. The number of methoxy groups -OCH3 is 1. The molecule has 4 heteroatoms. The van der Waals surface area contributed by atoms with Crippen molar-refractivity contribution in [3.63, 3.8) is 0 Å². The molecule has 1 unspecified atom stereocenters. The maximum Gasteiger partial charge on any atom is 0.257 e. The normalized spacial score (nSPS) is 13.0. The van der Waals surface area contributed by atoms with E-state index in [1.807, 2.05) is 13.8 Å². The van der Waals surface area contributed by atoms with E-state index in [2.05, 4.69) is 5.16 Å². The molecule has 0 spiro atoms. The van der Waals surface area contributed by atoms with Crippen LogP contribution in [0.15, 0.2) is 4.52 Å². The molecule has 1 aromatic heterocycles. The van der Waals surface area contributed by atoms with Crippen molar-refractivity contribution in [3.05, 3.63) is 11.3 Å². The van der Waals surface area contributed by atoms with Crippen molar-refractivity contribution in [1.29, 1.82) is 0 Å². The molecule has 1 aromatic rings. The van der Waals surface area contributed by atoms with Crippen LogP contribution in [0, 0.1) is 6.92 Å². The van der Waals surface area contributed by atoms with Gasteiger partial charge in [0.2, 0.25) is 0 Å². The number of nitrogens with two attached hydrogens (primary N) is 1. The van der Waals surface area contributed by atoms with Gasteiger partial charge in [0.1, 0.15) is 5.76 Å². The SMILES string of the molecule is COc1noc(CC(C)N)c1C. The third kappa shape index (κ3) is 1.76. The van der Waals surface area contributed by atoms with Crippen LogP contribution < -0.4 is 10.5 Å². The standard InChI is InChI=1S/C8H14N2O2/c1-5(9)4-7-6(2)8(11-3)10-12-7/h5H,4,9H2,1-3H3. The van der Waals surface area contributed by atoms with Crippen LogP contribution in [0.5, 0.6) is 5.88 Å². The molecule has 0 saturated carbocycles. The summed E-state index contributed by atoms with van der Waals surface area (Å²) >= 11 is 0. The lowest BCUT2D eigenvalue weighted by molar-refractivity contribution is 0.324. The minimum absolute atomic E-state index is 0.0846. The van der Waals surface area contributed by atoms with Crippen LogP contribution in [0.1, 0.15) is 18.2 Å². The fraction of sp³-hybridized carbons (Fsp3) is 0.625. The first kappa shape index (κ1) is 9.06. The van der Waals surface area contributed by atoms with E-state index in [9.17, 15) is 0 Å². The number of nitrogens with zero attached hydrogens (tertiary/aromatic N) is 1. The summed E-state index contributed by atoms with van der Waals surface area (Å²) in [5.41, 5.74) is 6.56. The van der Waals surface area contributed by atoms with Crippen LogP contribution in [-0.2, 0) is 6.42 Å². The predicted molar refractivity (Wildman–Crippen MR) is 45.1 cm³/mol. The minimum Gasteiger partial charge on any atom is -0.479 e. The smallest absolute Gasteiger partial charge is 0.257 e. The lowest BCUT2D eigenvalue weighted by Crippen LogP contribution is -2.17. The van der Waals surface area contributed by atoms with E-state index < -0.39 is 0 Å². The molecule has 4 nitrogen and oxygen atoms in total. The number of hydrogen-bond acceptors (Lipinski definition) is 4. The average molecular weight is 170 g/mol. The molecular formula is C8H14N2O2. The Labute approximate surface area is 71.7 Å². The Kier molecular flexibility index (Phi) is 2.70. The molecule has 0 amide bonds. The molecule has 0 fully saturated rings. The fourth-order valence-corrected chi connectivity index (χ4v) is 1.03. The Hall–Kier alpha value is -1.03. The van der Waals surface area contributed by atoms with Crippen molar-refractivity contribution < 1.29 is 9.26 Å². The van der Waals surface area contributed by atoms with Crippen molar-refractivity contribution in [3.8, 4) is 5.88 Å². The molecule has 0 bridgehead atoms. The topological polar surface area (TPSA) is 61.3 Å². The maximum absolute atomic E-state index is 5.62. The van der Waals surface area contributed by atoms with Gasteiger partial charge in [0, 0.05) is 12.5 Å². The third-order valence-corrected chi connectivity index (χ3v) is 1.68. The maximum atomic E-state index is 5.62. The van der Waals surface area contributed by atoms with E-state index in [-0.39, 0.29) is 6.04 Å². The van der Waals surface area contributed by atoms with Gasteiger partial charge in [-0.2, -0.15) is 0 Å². The van der Waals surface area contributed by atoms with Gasteiger partial charge in [-0.15, -0.1) is 0 Å². The van der Waals surface area contributed by atoms with Gasteiger partial charge in [-0.1, -0.05) is 0 Å². The number of ether oxygens (including phenoxy) is 1. The summed E-state index contributed by atoms with van der Waals surface area (Å²) in [6.45, 7) is 3.83. The number of hydrogen-bond donors (Lipinski definition) is 1. The van der Waals surface area contributed by atoms with Crippen LogP contribution >= 0.6 is 0 Å². The van der Waals surface area contributed by atoms with Crippen LogP contribution in [0.2, 0.25) is 0 Å². The first-order valence-electron chi connectivity index (χ1n) is 3.90. The monoisotopic (exact) mass is 170 g/mol. The van der Waals surface area contributed by atoms with Gasteiger partial charge in [0.05, 0.1) is 12.7 Å². The van der Waals surface area contributed by atoms with Crippen molar-refractivity contribution in [1.82, 2.24) is 5.16 Å². The number of aromatic nitrogens is 1. The molecule has 0 saturated heterocycles. The zero-order valence-electron chi connectivity index (χ0n) is 7.63. The second kappa shape index (κ2) is 3.58. The molecule has 2 N–H and O–H groups in total. The zero-order valence-corrected chi connectivity index (χ0v) is 7.63. The summed E-state index contributed by atoms with van der Waals surface area (Å²) < 4.78 is 10.0. The molecule has 68 valence electrons. The molecule has 1 heterocycles. The molecule has 0 aliphatic rings. The average Bonchev–Trinajstić information content (AvgIpc) is 2.32. The van der Waals surface area contributed by atoms with Crippen molar-refractivity contribution in [2.75, 3.05) is 7.11 Å². The Balaban J connectivity index is 2.80. The highest BCUT2D eigenvalue weighted by molar-refractivity contribution is 5.26. The lowest BCUT2D eigenvalue weighted by Gasteiger charge is -2.00. The van der Waals surface area contributed by atoms with Gasteiger partial charge in [0.25, 0.3) is 5.88 Å². The molecule has 1 rings (SSSR count). The Morgan fingerprint density at radius 1 is 1.67 bits per heavy atom. The van der Waals surface area contributed by atoms with Gasteiger partial charge in [-0.05, 0) is 19.0 Å². The fourth-order valence-electron chi connectivity index (χ4n) is 1.03. The molecule has 12 heavy (non-hydrogen) atoms. The molecule has 0 aromatic carbocycles. The molecule has 0 aliphatic heterocycles. The molecule has 0 aliphatic carbocycles. The van der Waals surface area contributed by atoms with Crippen LogP contribution in [0.25, 0.3) is 0 Å². The van der Waals surface area contributed by atoms with E-state index in [1.54, 1.807) is 7.11 Å². The first-order valence-corrected chi connectivity index (χ1v) is 3.90. The van der Waals surface area contributed by atoms with Crippen molar-refractivity contribution >= 4 is 0 Å². The predicted octanol–water partition coefficient (Wildman–Crippen LogP) is 0.881. The highest BCUT2D eigenvalue weighted by Crippen LogP contribution is 2.20. The first-order chi connectivity index (χ1) is 5.65. The highest BCUT2D eigenvalue weighted by Gasteiger charge is 2.12. The van der Waals surface area contributed by atoms with Gasteiger partial charge in [-0.25, -0.2) is 0 Å². The second-order valence-corrected chi connectivity index (χ2v) is 2.92. The van der Waals surface area contributed by atoms with E-state index in [4.69, 9.17) is 15.0 Å². The van der Waals surface area contributed by atoms with Gasteiger partial charge < -0.3 is 15.0 Å². The number of rotatable bonds is 3. The zero-order chi connectivity index (χ0) is 9.14.